The standard InChI is InChI=1S/C14H12Br2N2O2S/c1-18(5-8-2-7(15)6-21-8)12-4-11-9(3-10(12)16)13(19)14(20)17-11/h2-4,6,13,19H,5H2,1H3,(H,17,20). The molecule has 1 aromatic heterocycles. The number of rotatable bonds is 3. The van der Waals surface area contributed by atoms with Crippen LogP contribution in [-0.2, 0) is 11.3 Å². The van der Waals surface area contributed by atoms with Gasteiger partial charge >= 0.3 is 0 Å². The molecule has 0 saturated heterocycles. The molecule has 1 unspecified atom stereocenters. The molecule has 1 amide bonds. The minimum Gasteiger partial charge on any atom is -0.378 e. The highest BCUT2D eigenvalue weighted by atomic mass is 79.9. The summed E-state index contributed by atoms with van der Waals surface area (Å²) in [4.78, 5) is 14.9. The zero-order valence-corrected chi connectivity index (χ0v) is 15.0. The van der Waals surface area contributed by atoms with Crippen LogP contribution in [0.2, 0.25) is 0 Å². The third-order valence-corrected chi connectivity index (χ3v) is 5.66. The first-order chi connectivity index (χ1) is 9.95. The summed E-state index contributed by atoms with van der Waals surface area (Å²) in [6.07, 6.45) is -1.08. The Morgan fingerprint density at radius 1 is 1.38 bits per heavy atom. The molecule has 0 radical (unpaired) electrons. The van der Waals surface area contributed by atoms with Crippen LogP contribution >= 0.6 is 43.2 Å². The monoisotopic (exact) mass is 430 g/mol. The lowest BCUT2D eigenvalue weighted by atomic mass is 10.1. The largest absolute Gasteiger partial charge is 0.378 e. The van der Waals surface area contributed by atoms with Gasteiger partial charge in [-0.25, -0.2) is 0 Å². The number of fused-ring (bicyclic) bond motifs is 1. The zero-order chi connectivity index (χ0) is 15.1. The first-order valence-electron chi connectivity index (χ1n) is 6.22. The number of nitrogens with zero attached hydrogens (tertiary/aromatic N) is 1. The minimum atomic E-state index is -1.08. The second kappa shape index (κ2) is 5.72. The topological polar surface area (TPSA) is 52.6 Å². The second-order valence-electron chi connectivity index (χ2n) is 4.87. The Labute approximate surface area is 143 Å². The van der Waals surface area contributed by atoms with E-state index in [1.54, 1.807) is 17.4 Å². The molecule has 7 heteroatoms. The van der Waals surface area contributed by atoms with Gasteiger partial charge in [-0.3, -0.25) is 4.79 Å². The Bertz CT molecular complexity index is 717. The summed E-state index contributed by atoms with van der Waals surface area (Å²) in [6.45, 7) is 0.768. The summed E-state index contributed by atoms with van der Waals surface area (Å²) < 4.78 is 1.94. The normalized spacial score (nSPS) is 16.8. The van der Waals surface area contributed by atoms with Gasteiger partial charge in [0.2, 0.25) is 0 Å². The van der Waals surface area contributed by atoms with Crippen LogP contribution in [0.25, 0.3) is 0 Å². The molecular formula is C14H12Br2N2O2S. The van der Waals surface area contributed by atoms with Crippen LogP contribution in [0.4, 0.5) is 11.4 Å². The molecule has 110 valence electrons. The molecule has 0 fully saturated rings. The Balaban J connectivity index is 1.89. The number of hydrogen-bond acceptors (Lipinski definition) is 4. The molecular weight excluding hydrogens is 420 g/mol. The van der Waals surface area contributed by atoms with Crippen LogP contribution in [0.1, 0.15) is 16.5 Å². The highest BCUT2D eigenvalue weighted by Gasteiger charge is 2.29. The van der Waals surface area contributed by atoms with E-state index < -0.39 is 6.10 Å². The van der Waals surface area contributed by atoms with Crippen molar-refractivity contribution in [1.82, 2.24) is 0 Å². The molecule has 1 atom stereocenters. The van der Waals surface area contributed by atoms with E-state index in [1.807, 2.05) is 13.1 Å². The highest BCUT2D eigenvalue weighted by molar-refractivity contribution is 9.10. The van der Waals surface area contributed by atoms with E-state index in [0.717, 1.165) is 21.2 Å². The third kappa shape index (κ3) is 2.88. The van der Waals surface area contributed by atoms with Gasteiger partial charge in [-0.1, -0.05) is 0 Å². The van der Waals surface area contributed by atoms with Gasteiger partial charge in [0.15, 0.2) is 6.10 Å². The van der Waals surface area contributed by atoms with E-state index in [0.29, 0.717) is 11.3 Å². The molecule has 2 aromatic rings. The van der Waals surface area contributed by atoms with Crippen LogP contribution in [0.15, 0.2) is 32.5 Å². The number of nitrogens with one attached hydrogen (secondary N) is 1. The van der Waals surface area contributed by atoms with E-state index in [4.69, 9.17) is 0 Å². The second-order valence-corrected chi connectivity index (χ2v) is 7.64. The van der Waals surface area contributed by atoms with Crippen molar-refractivity contribution < 1.29 is 9.90 Å². The molecule has 2 N–H and O–H groups in total. The van der Waals surface area contributed by atoms with Gasteiger partial charge in [0.1, 0.15) is 0 Å². The number of halogens is 2. The van der Waals surface area contributed by atoms with Gasteiger partial charge < -0.3 is 15.3 Å². The first-order valence-corrected chi connectivity index (χ1v) is 8.68. The van der Waals surface area contributed by atoms with Crippen LogP contribution in [0, 0.1) is 0 Å². The Kier molecular flexibility index (Phi) is 4.09. The average Bonchev–Trinajstić information content (AvgIpc) is 2.95. The summed E-state index contributed by atoms with van der Waals surface area (Å²) >= 11 is 8.66. The number of anilines is 2. The SMILES string of the molecule is CN(Cc1cc(Br)cs1)c1cc2c(cc1Br)C(O)C(=O)N2. The van der Waals surface area contributed by atoms with Crippen molar-refractivity contribution in [2.75, 3.05) is 17.3 Å². The number of aliphatic hydroxyl groups excluding tert-OH is 1. The predicted octanol–water partition coefficient (Wildman–Crippen LogP) is 3.90. The molecule has 1 aromatic carbocycles. The number of carbonyl (C=O) groups is 1. The van der Waals surface area contributed by atoms with Gasteiger partial charge in [0, 0.05) is 37.5 Å². The van der Waals surface area contributed by atoms with Gasteiger partial charge in [0.25, 0.3) is 5.91 Å². The summed E-state index contributed by atoms with van der Waals surface area (Å²) in [5.41, 5.74) is 2.25. The fourth-order valence-electron chi connectivity index (χ4n) is 2.30. The number of thiophene rings is 1. The Morgan fingerprint density at radius 2 is 2.14 bits per heavy atom. The lowest BCUT2D eigenvalue weighted by Crippen LogP contribution is -2.16. The zero-order valence-electron chi connectivity index (χ0n) is 11.1. The first kappa shape index (κ1) is 15.0. The average molecular weight is 432 g/mol. The van der Waals surface area contributed by atoms with Gasteiger partial charge in [0.05, 0.1) is 12.2 Å². The van der Waals surface area contributed by atoms with Crippen molar-refractivity contribution in [2.45, 2.75) is 12.6 Å². The van der Waals surface area contributed by atoms with Crippen molar-refractivity contribution in [3.05, 3.63) is 43.0 Å². The fraction of sp³-hybridized carbons (Fsp3) is 0.214. The van der Waals surface area contributed by atoms with E-state index >= 15 is 0 Å². The van der Waals surface area contributed by atoms with Crippen LogP contribution in [-0.4, -0.2) is 18.1 Å². The number of amides is 1. The van der Waals surface area contributed by atoms with E-state index in [2.05, 4.69) is 53.5 Å². The summed E-state index contributed by atoms with van der Waals surface area (Å²) in [7, 11) is 1.99. The summed E-state index contributed by atoms with van der Waals surface area (Å²) in [6, 6.07) is 5.78. The van der Waals surface area contributed by atoms with E-state index in [1.165, 1.54) is 4.88 Å². The molecule has 1 aliphatic rings. The number of hydrogen-bond donors (Lipinski definition) is 2. The molecule has 0 aliphatic carbocycles. The van der Waals surface area contributed by atoms with Crippen molar-refractivity contribution in [1.29, 1.82) is 0 Å². The Morgan fingerprint density at radius 3 is 2.81 bits per heavy atom. The van der Waals surface area contributed by atoms with Crippen molar-refractivity contribution in [3.8, 4) is 0 Å². The van der Waals surface area contributed by atoms with Gasteiger partial charge in [-0.15, -0.1) is 11.3 Å². The quantitative estimate of drug-likeness (QED) is 0.774. The van der Waals surface area contributed by atoms with Gasteiger partial charge in [-0.2, -0.15) is 0 Å². The molecule has 0 saturated carbocycles. The van der Waals surface area contributed by atoms with Crippen LogP contribution in [0.5, 0.6) is 0 Å². The molecule has 1 aliphatic heterocycles. The van der Waals surface area contributed by atoms with E-state index in [9.17, 15) is 9.90 Å². The van der Waals surface area contributed by atoms with Crippen LogP contribution in [0.3, 0.4) is 0 Å². The summed E-state index contributed by atoms with van der Waals surface area (Å²) in [5, 5.41) is 14.5. The summed E-state index contributed by atoms with van der Waals surface area (Å²) in [5.74, 6) is -0.376. The van der Waals surface area contributed by atoms with Crippen molar-refractivity contribution in [2.24, 2.45) is 0 Å². The number of benzene rings is 1. The molecule has 2 heterocycles. The maximum Gasteiger partial charge on any atom is 0.257 e. The maximum atomic E-state index is 11.5. The highest BCUT2D eigenvalue weighted by Crippen LogP contribution is 2.39. The predicted molar refractivity (Wildman–Crippen MR) is 91.9 cm³/mol. The van der Waals surface area contributed by atoms with Gasteiger partial charge in [-0.05, 0) is 50.1 Å². The maximum absolute atomic E-state index is 11.5. The van der Waals surface area contributed by atoms with E-state index in [-0.39, 0.29) is 5.91 Å². The molecule has 3 rings (SSSR count). The number of carbonyl (C=O) groups excluding carboxylic acids is 1. The molecule has 0 bridgehead atoms. The van der Waals surface area contributed by atoms with Crippen molar-refractivity contribution >= 4 is 60.5 Å². The molecule has 0 spiro atoms. The lowest BCUT2D eigenvalue weighted by Gasteiger charge is -2.21. The third-order valence-electron chi connectivity index (χ3n) is 3.35. The van der Waals surface area contributed by atoms with Crippen molar-refractivity contribution in [3.63, 3.8) is 0 Å². The fourth-order valence-corrected chi connectivity index (χ4v) is 4.47. The Hall–Kier alpha value is -0.890. The minimum absolute atomic E-state index is 0.376. The molecule has 21 heavy (non-hydrogen) atoms. The lowest BCUT2D eigenvalue weighted by molar-refractivity contribution is -0.123. The number of aliphatic hydroxyl groups is 1. The molecule has 4 nitrogen and oxygen atoms in total. The smallest absolute Gasteiger partial charge is 0.257 e. The van der Waals surface area contributed by atoms with Crippen LogP contribution < -0.4 is 10.2 Å².